The van der Waals surface area contributed by atoms with Crippen LogP contribution in [0.2, 0.25) is 0 Å². The van der Waals surface area contributed by atoms with E-state index in [1.807, 2.05) is 61.5 Å². The quantitative estimate of drug-likeness (QED) is 0.543. The van der Waals surface area contributed by atoms with E-state index in [2.05, 4.69) is 15.5 Å². The molecule has 1 atom stereocenters. The van der Waals surface area contributed by atoms with Crippen molar-refractivity contribution in [3.63, 3.8) is 0 Å². The molecule has 0 aliphatic carbocycles. The highest BCUT2D eigenvalue weighted by molar-refractivity contribution is 5.94. The van der Waals surface area contributed by atoms with Gasteiger partial charge in [0.2, 0.25) is 0 Å². The molecule has 1 N–H and O–H groups in total. The number of ether oxygens (including phenoxy) is 1. The molecule has 0 aliphatic rings. The summed E-state index contributed by atoms with van der Waals surface area (Å²) in [7, 11) is 0. The third kappa shape index (κ3) is 4.77. The Labute approximate surface area is 152 Å². The average Bonchev–Trinajstić information content (AvgIpc) is 2.70. The maximum absolute atomic E-state index is 11.9. The van der Waals surface area contributed by atoms with E-state index in [0.717, 1.165) is 16.9 Å². The fourth-order valence-corrected chi connectivity index (χ4v) is 2.36. The van der Waals surface area contributed by atoms with Crippen LogP contribution in [-0.2, 0) is 0 Å². The first kappa shape index (κ1) is 17.4. The number of rotatable bonds is 6. The summed E-state index contributed by atoms with van der Waals surface area (Å²) in [6.07, 6.45) is 4.68. The van der Waals surface area contributed by atoms with Gasteiger partial charge < -0.3 is 4.74 Å². The lowest BCUT2D eigenvalue weighted by atomic mass is 10.1. The fourth-order valence-electron chi connectivity index (χ4n) is 2.36. The van der Waals surface area contributed by atoms with Crippen molar-refractivity contribution in [2.75, 3.05) is 0 Å². The zero-order valence-corrected chi connectivity index (χ0v) is 14.4. The number of nitrogens with zero attached hydrogens (tertiary/aromatic N) is 2. The Morgan fingerprint density at radius 3 is 2.42 bits per heavy atom. The smallest absolute Gasteiger partial charge is 0.271 e. The van der Waals surface area contributed by atoms with Crippen molar-refractivity contribution in [3.05, 3.63) is 95.8 Å². The summed E-state index contributed by atoms with van der Waals surface area (Å²) in [6.45, 7) is 2.01. The molecule has 0 saturated carbocycles. The van der Waals surface area contributed by atoms with E-state index in [0.29, 0.717) is 5.56 Å². The molecule has 1 heterocycles. The molecule has 2 aromatic carbocycles. The first-order valence-corrected chi connectivity index (χ1v) is 8.27. The lowest BCUT2D eigenvalue weighted by Gasteiger charge is -2.15. The first-order chi connectivity index (χ1) is 12.7. The van der Waals surface area contributed by atoms with Crippen molar-refractivity contribution in [3.8, 4) is 5.75 Å². The van der Waals surface area contributed by atoms with Crippen LogP contribution in [0.1, 0.15) is 34.5 Å². The van der Waals surface area contributed by atoms with Crippen molar-refractivity contribution in [1.82, 2.24) is 10.4 Å². The predicted molar refractivity (Wildman–Crippen MR) is 101 cm³/mol. The van der Waals surface area contributed by atoms with E-state index in [4.69, 9.17) is 4.74 Å². The van der Waals surface area contributed by atoms with Gasteiger partial charge in [-0.3, -0.25) is 9.78 Å². The van der Waals surface area contributed by atoms with Crippen LogP contribution in [0, 0.1) is 0 Å². The van der Waals surface area contributed by atoms with Gasteiger partial charge >= 0.3 is 0 Å². The molecular weight excluding hydrogens is 326 g/mol. The molecule has 0 bridgehead atoms. The molecule has 130 valence electrons. The monoisotopic (exact) mass is 345 g/mol. The minimum Gasteiger partial charge on any atom is -0.486 e. The molecule has 0 radical (unpaired) electrons. The molecule has 1 aromatic heterocycles. The number of hydrogen-bond donors (Lipinski definition) is 1. The van der Waals surface area contributed by atoms with E-state index < -0.39 is 0 Å². The molecule has 0 fully saturated rings. The van der Waals surface area contributed by atoms with Gasteiger partial charge in [0.1, 0.15) is 11.9 Å². The summed E-state index contributed by atoms with van der Waals surface area (Å²) in [5.41, 5.74) is 4.98. The summed E-state index contributed by atoms with van der Waals surface area (Å²) in [6, 6.07) is 20.8. The highest BCUT2D eigenvalue weighted by Crippen LogP contribution is 2.21. The summed E-state index contributed by atoms with van der Waals surface area (Å²) in [5.74, 6) is 0.500. The van der Waals surface area contributed by atoms with Gasteiger partial charge in [0.15, 0.2) is 0 Å². The third-order valence-corrected chi connectivity index (χ3v) is 3.78. The van der Waals surface area contributed by atoms with Crippen molar-refractivity contribution in [1.29, 1.82) is 0 Å². The topological polar surface area (TPSA) is 63.6 Å². The van der Waals surface area contributed by atoms with Crippen LogP contribution in [0.25, 0.3) is 0 Å². The normalized spacial score (nSPS) is 11.9. The van der Waals surface area contributed by atoms with Crippen molar-refractivity contribution >= 4 is 12.1 Å². The number of hydrazone groups is 1. The number of carbonyl (C=O) groups is 1. The minimum absolute atomic E-state index is 0.0321. The van der Waals surface area contributed by atoms with E-state index in [1.54, 1.807) is 30.7 Å². The van der Waals surface area contributed by atoms with Crippen LogP contribution < -0.4 is 10.2 Å². The Morgan fingerprint density at radius 2 is 1.73 bits per heavy atom. The van der Waals surface area contributed by atoms with Crippen LogP contribution in [-0.4, -0.2) is 17.1 Å². The molecule has 0 spiro atoms. The molecule has 0 saturated heterocycles. The predicted octanol–water partition coefficient (Wildman–Crippen LogP) is 3.99. The van der Waals surface area contributed by atoms with Gasteiger partial charge in [-0.1, -0.05) is 30.3 Å². The Bertz CT molecular complexity index is 863. The lowest BCUT2D eigenvalue weighted by Crippen LogP contribution is -2.17. The zero-order chi connectivity index (χ0) is 18.2. The molecule has 1 amide bonds. The second-order valence-electron chi connectivity index (χ2n) is 5.67. The maximum atomic E-state index is 11.9. The van der Waals surface area contributed by atoms with Crippen molar-refractivity contribution in [2.24, 2.45) is 5.10 Å². The highest BCUT2D eigenvalue weighted by Gasteiger charge is 2.06. The Morgan fingerprint density at radius 1 is 1.04 bits per heavy atom. The maximum Gasteiger partial charge on any atom is 0.271 e. The van der Waals surface area contributed by atoms with Gasteiger partial charge in [-0.15, -0.1) is 0 Å². The van der Waals surface area contributed by atoms with Crippen LogP contribution >= 0.6 is 0 Å². The van der Waals surface area contributed by atoms with Crippen LogP contribution in [0.3, 0.4) is 0 Å². The zero-order valence-electron chi connectivity index (χ0n) is 14.4. The summed E-state index contributed by atoms with van der Waals surface area (Å²) >= 11 is 0. The standard InChI is InChI=1S/C21H19N3O2/c1-16(18-5-3-2-4-6-18)26-20-9-7-17(8-10-20)15-23-24-21(25)19-11-13-22-14-12-19/h2-16H,1H3,(H,24,25)/b23-15+. The molecule has 5 heteroatoms. The molecule has 3 aromatic rings. The van der Waals surface area contributed by atoms with Gasteiger partial charge in [-0.2, -0.15) is 5.10 Å². The summed E-state index contributed by atoms with van der Waals surface area (Å²) in [4.78, 5) is 15.7. The van der Waals surface area contributed by atoms with E-state index in [-0.39, 0.29) is 12.0 Å². The summed E-state index contributed by atoms with van der Waals surface area (Å²) < 4.78 is 5.94. The highest BCUT2D eigenvalue weighted by atomic mass is 16.5. The van der Waals surface area contributed by atoms with Gasteiger partial charge in [-0.25, -0.2) is 5.43 Å². The first-order valence-electron chi connectivity index (χ1n) is 8.27. The SMILES string of the molecule is CC(Oc1ccc(/C=N/NC(=O)c2ccncc2)cc1)c1ccccc1. The summed E-state index contributed by atoms with van der Waals surface area (Å²) in [5, 5.41) is 3.97. The van der Waals surface area contributed by atoms with Crippen LogP contribution in [0.5, 0.6) is 5.75 Å². The molecule has 0 aliphatic heterocycles. The second kappa shape index (κ2) is 8.58. The van der Waals surface area contributed by atoms with Crippen LogP contribution in [0.15, 0.2) is 84.2 Å². The van der Waals surface area contributed by atoms with E-state index >= 15 is 0 Å². The second-order valence-corrected chi connectivity index (χ2v) is 5.67. The Balaban J connectivity index is 1.55. The van der Waals surface area contributed by atoms with Gasteiger partial charge in [0, 0.05) is 18.0 Å². The number of aromatic nitrogens is 1. The molecule has 5 nitrogen and oxygen atoms in total. The Kier molecular flexibility index (Phi) is 5.72. The fraction of sp³-hybridized carbons (Fsp3) is 0.0952. The number of benzene rings is 2. The average molecular weight is 345 g/mol. The molecule has 3 rings (SSSR count). The Hall–Kier alpha value is -3.47. The lowest BCUT2D eigenvalue weighted by molar-refractivity contribution is 0.0955. The number of nitrogens with one attached hydrogen (secondary N) is 1. The minimum atomic E-state index is -0.278. The molecule has 26 heavy (non-hydrogen) atoms. The van der Waals surface area contributed by atoms with Crippen LogP contribution in [0.4, 0.5) is 0 Å². The van der Waals surface area contributed by atoms with Gasteiger partial charge in [0.25, 0.3) is 5.91 Å². The molecule has 1 unspecified atom stereocenters. The van der Waals surface area contributed by atoms with E-state index in [1.165, 1.54) is 0 Å². The van der Waals surface area contributed by atoms with Crippen molar-refractivity contribution < 1.29 is 9.53 Å². The largest absolute Gasteiger partial charge is 0.486 e. The number of pyridine rings is 1. The van der Waals surface area contributed by atoms with E-state index in [9.17, 15) is 4.79 Å². The number of carbonyl (C=O) groups excluding carboxylic acids is 1. The van der Waals surface area contributed by atoms with Crippen molar-refractivity contribution in [2.45, 2.75) is 13.0 Å². The number of hydrogen-bond acceptors (Lipinski definition) is 4. The van der Waals surface area contributed by atoms with Gasteiger partial charge in [0.05, 0.1) is 6.21 Å². The number of amides is 1. The molecular formula is C21H19N3O2. The third-order valence-electron chi connectivity index (χ3n) is 3.78. The van der Waals surface area contributed by atoms with Gasteiger partial charge in [-0.05, 0) is 54.4 Å².